The van der Waals surface area contributed by atoms with Gasteiger partial charge in [0.05, 0.1) is 19.6 Å². The van der Waals surface area contributed by atoms with Crippen molar-refractivity contribution in [2.45, 2.75) is 137 Å². The van der Waals surface area contributed by atoms with E-state index in [-0.39, 0.29) is 72.6 Å². The maximum Gasteiger partial charge on any atom is 0.336 e. The minimum absolute atomic E-state index is 0.0152. The number of aryl methyl sites for hydroxylation is 3. The molecule has 0 spiro atoms. The molecule has 0 saturated heterocycles. The molecule has 0 radical (unpaired) electrons. The Morgan fingerprint density at radius 2 is 0.683 bits per heavy atom. The number of aromatic hydroxyl groups is 3. The molecule has 0 saturated carbocycles. The Morgan fingerprint density at radius 3 is 0.905 bits per heavy atom. The minimum atomic E-state index is -1.01. The fourth-order valence-corrected chi connectivity index (χ4v) is 6.98. The number of carbonyl (C=O) groups excluding carboxylic acids is 3. The van der Waals surface area contributed by atoms with Crippen LogP contribution in [0.3, 0.4) is 0 Å². The normalized spacial score (nSPS) is 12.0. The Hall–Kier alpha value is -6.12. The van der Waals surface area contributed by atoms with Crippen molar-refractivity contribution in [3.05, 3.63) is 119 Å². The highest BCUT2D eigenvalue weighted by Gasteiger charge is 2.22. The molecule has 0 unspecified atom stereocenters. The Labute approximate surface area is 367 Å². The van der Waals surface area contributed by atoms with Gasteiger partial charge in [0.25, 0.3) is 0 Å². The number of phenolic OH excluding ortho intramolecular Hbond substituents is 3. The van der Waals surface area contributed by atoms with Gasteiger partial charge in [0.15, 0.2) is 0 Å². The second-order valence-electron chi connectivity index (χ2n) is 18.8. The van der Waals surface area contributed by atoms with Crippen LogP contribution in [0, 0.1) is 0 Å². The fraction of sp³-hybridized carbons (Fsp3) is 0.500. The summed E-state index contributed by atoms with van der Waals surface area (Å²) in [5.74, 6) is -1.31. The van der Waals surface area contributed by atoms with Crippen LogP contribution in [0.4, 0.5) is 0 Å². The Balaban J connectivity index is 1.44. The number of benzene rings is 3. The van der Waals surface area contributed by atoms with Gasteiger partial charge in [-0.3, -0.25) is 14.4 Å². The molecule has 1 heterocycles. The molecular formula is C48H63N3O12. The van der Waals surface area contributed by atoms with Crippen LogP contribution in [-0.2, 0) is 83.7 Å². The summed E-state index contributed by atoms with van der Waals surface area (Å²) >= 11 is 0. The third-order valence-corrected chi connectivity index (χ3v) is 10.6. The molecule has 63 heavy (non-hydrogen) atoms. The van der Waals surface area contributed by atoms with E-state index in [1.165, 1.54) is 0 Å². The number of hydrogen-bond acceptors (Lipinski definition) is 12. The van der Waals surface area contributed by atoms with Crippen LogP contribution >= 0.6 is 0 Å². The van der Waals surface area contributed by atoms with Gasteiger partial charge in [-0.15, -0.1) is 0 Å². The number of phenols is 3. The van der Waals surface area contributed by atoms with E-state index < -0.39 is 54.6 Å². The van der Waals surface area contributed by atoms with Crippen molar-refractivity contribution in [2.24, 2.45) is 0 Å². The van der Waals surface area contributed by atoms with Crippen LogP contribution in [0.1, 0.15) is 115 Å². The van der Waals surface area contributed by atoms with E-state index in [1.807, 2.05) is 80.5 Å². The summed E-state index contributed by atoms with van der Waals surface area (Å²) in [6.45, 7) is 15.3. The lowest BCUT2D eigenvalue weighted by molar-refractivity contribution is -0.144. The minimum Gasteiger partial charge on any atom is -0.508 e. The Morgan fingerprint density at radius 1 is 0.444 bits per heavy atom. The highest BCUT2D eigenvalue weighted by atomic mass is 16.5. The first-order chi connectivity index (χ1) is 29.4. The van der Waals surface area contributed by atoms with Gasteiger partial charge in [0.1, 0.15) is 37.1 Å². The molecule has 15 heteroatoms. The van der Waals surface area contributed by atoms with Crippen LogP contribution in [0.15, 0.2) is 69.0 Å². The number of ether oxygens (including phenoxy) is 3. The first kappa shape index (κ1) is 49.5. The number of aromatic nitrogens is 3. The summed E-state index contributed by atoms with van der Waals surface area (Å²) in [6.07, 6.45) is 0.904. The summed E-state index contributed by atoms with van der Waals surface area (Å²) in [5.41, 5.74) is 0.645. The van der Waals surface area contributed by atoms with E-state index in [1.54, 1.807) is 36.4 Å². The molecule has 1 aromatic heterocycles. The van der Waals surface area contributed by atoms with Gasteiger partial charge in [0.2, 0.25) is 0 Å². The van der Waals surface area contributed by atoms with Gasteiger partial charge < -0.3 is 29.5 Å². The molecule has 342 valence electrons. The van der Waals surface area contributed by atoms with Crippen molar-refractivity contribution in [3.8, 4) is 17.2 Å². The number of esters is 3. The van der Waals surface area contributed by atoms with E-state index in [0.717, 1.165) is 47.1 Å². The average Bonchev–Trinajstić information content (AvgIpc) is 3.19. The van der Waals surface area contributed by atoms with E-state index in [9.17, 15) is 44.1 Å². The van der Waals surface area contributed by atoms with Gasteiger partial charge >= 0.3 is 35.0 Å². The summed E-state index contributed by atoms with van der Waals surface area (Å²) < 4.78 is 18.3. The predicted molar refractivity (Wildman–Crippen MR) is 237 cm³/mol. The third-order valence-electron chi connectivity index (χ3n) is 10.6. The number of rotatable bonds is 18. The van der Waals surface area contributed by atoms with E-state index in [0.29, 0.717) is 19.3 Å². The maximum atomic E-state index is 13.6. The first-order valence-corrected chi connectivity index (χ1v) is 21.2. The molecule has 0 fully saturated rings. The second-order valence-corrected chi connectivity index (χ2v) is 18.8. The zero-order valence-corrected chi connectivity index (χ0v) is 38.0. The monoisotopic (exact) mass is 873 g/mol. The van der Waals surface area contributed by atoms with E-state index in [4.69, 9.17) is 14.2 Å². The second kappa shape index (κ2) is 20.8. The van der Waals surface area contributed by atoms with Gasteiger partial charge in [-0.05, 0) is 87.1 Å². The lowest BCUT2D eigenvalue weighted by Crippen LogP contribution is -2.55. The maximum absolute atomic E-state index is 13.6. The fourth-order valence-electron chi connectivity index (χ4n) is 6.98. The molecule has 15 nitrogen and oxygen atoms in total. The van der Waals surface area contributed by atoms with Crippen molar-refractivity contribution in [1.29, 1.82) is 0 Å². The standard InChI is InChI=1S/C48H63N3O12/c1-46(2,3)34-28-31(10-16-37(34)52)13-19-40(55)61-25-22-49-43(58)50(23-26-62-41(56)20-14-32-11-17-38(53)35(29-32)47(4,5)6)45(60)51(44(49)59)24-27-63-42(57)21-15-33-12-18-39(54)36(30-33)48(7,8)9/h10-12,16-18,28-30,52-54H,13-15,19-27H2,1-9H3. The summed E-state index contributed by atoms with van der Waals surface area (Å²) in [7, 11) is 0. The molecule has 0 aliphatic heterocycles. The van der Waals surface area contributed by atoms with Crippen molar-refractivity contribution < 1.29 is 43.9 Å². The third kappa shape index (κ3) is 13.9. The first-order valence-electron chi connectivity index (χ1n) is 21.2. The highest BCUT2D eigenvalue weighted by molar-refractivity contribution is 5.70. The quantitative estimate of drug-likeness (QED) is 0.0813. The zero-order chi connectivity index (χ0) is 46.9. The molecule has 4 rings (SSSR count). The highest BCUT2D eigenvalue weighted by Crippen LogP contribution is 2.33. The topological polar surface area (TPSA) is 206 Å². The van der Waals surface area contributed by atoms with Crippen LogP contribution in [0.25, 0.3) is 0 Å². The van der Waals surface area contributed by atoms with Gasteiger partial charge in [-0.1, -0.05) is 98.7 Å². The van der Waals surface area contributed by atoms with Crippen molar-refractivity contribution >= 4 is 17.9 Å². The molecule has 3 N–H and O–H groups in total. The van der Waals surface area contributed by atoms with Gasteiger partial charge in [-0.2, -0.15) is 0 Å². The SMILES string of the molecule is CC(C)(C)c1cc(CCC(=O)OCCn2c(=O)n(CCOC(=O)CCc3ccc(O)c(C(C)(C)C)c3)c(=O)n(CCOC(=O)CCc3ccc(O)c(C(C)(C)C)c3)c2=O)ccc1O. The van der Waals surface area contributed by atoms with Crippen molar-refractivity contribution in [2.75, 3.05) is 19.8 Å². The van der Waals surface area contributed by atoms with E-state index in [2.05, 4.69) is 0 Å². The van der Waals surface area contributed by atoms with Crippen molar-refractivity contribution in [3.63, 3.8) is 0 Å². The molecule has 0 amide bonds. The molecule has 4 aromatic rings. The Kier molecular flexibility index (Phi) is 16.4. The number of carbonyl (C=O) groups is 3. The molecule has 0 aliphatic carbocycles. The molecule has 0 atom stereocenters. The lowest BCUT2D eigenvalue weighted by atomic mass is 9.85. The summed E-state index contributed by atoms with van der Waals surface area (Å²) in [4.78, 5) is 79.1. The Bertz CT molecular complexity index is 2160. The van der Waals surface area contributed by atoms with Crippen LogP contribution in [0.5, 0.6) is 17.2 Å². The predicted octanol–water partition coefficient (Wildman–Crippen LogP) is 5.71. The molecule has 0 aliphatic rings. The average molecular weight is 874 g/mol. The smallest absolute Gasteiger partial charge is 0.336 e. The van der Waals surface area contributed by atoms with Crippen molar-refractivity contribution in [1.82, 2.24) is 13.7 Å². The molecule has 0 bridgehead atoms. The lowest BCUT2D eigenvalue weighted by Gasteiger charge is -2.21. The van der Waals surface area contributed by atoms with E-state index >= 15 is 0 Å². The summed E-state index contributed by atoms with van der Waals surface area (Å²) in [6, 6.07) is 15.4. The summed E-state index contributed by atoms with van der Waals surface area (Å²) in [5, 5.41) is 30.9. The van der Waals surface area contributed by atoms with Crippen LogP contribution < -0.4 is 17.1 Å². The van der Waals surface area contributed by atoms with Gasteiger partial charge in [0, 0.05) is 19.3 Å². The largest absolute Gasteiger partial charge is 0.508 e. The zero-order valence-electron chi connectivity index (χ0n) is 38.0. The number of hydrogen-bond donors (Lipinski definition) is 3. The van der Waals surface area contributed by atoms with Gasteiger partial charge in [-0.25, -0.2) is 28.1 Å². The molecular weight excluding hydrogens is 811 g/mol. The molecule has 3 aromatic carbocycles. The van der Waals surface area contributed by atoms with Crippen LogP contribution in [-0.4, -0.2) is 66.7 Å². The van der Waals surface area contributed by atoms with Crippen LogP contribution in [0.2, 0.25) is 0 Å². The number of nitrogens with zero attached hydrogens (tertiary/aromatic N) is 3.